The Labute approximate surface area is 133 Å². The van der Waals surface area contributed by atoms with Crippen LogP contribution in [-0.4, -0.2) is 63.2 Å². The highest BCUT2D eigenvalue weighted by atomic mass is 32.1. The van der Waals surface area contributed by atoms with Gasteiger partial charge in [0.1, 0.15) is 11.6 Å². The molecule has 0 aliphatic carbocycles. The molecule has 122 valence electrons. The number of hydrogen-bond acceptors (Lipinski definition) is 6. The number of carbonyl (C=O) groups is 2. The highest BCUT2D eigenvalue weighted by molar-refractivity contribution is 7.09. The third-order valence-electron chi connectivity index (χ3n) is 3.27. The molecule has 22 heavy (non-hydrogen) atoms. The first-order chi connectivity index (χ1) is 10.3. The van der Waals surface area contributed by atoms with Crippen molar-refractivity contribution < 1.29 is 19.4 Å². The summed E-state index contributed by atoms with van der Waals surface area (Å²) in [6.45, 7) is 6.98. The Balaban J connectivity index is 2.01. The van der Waals surface area contributed by atoms with Crippen molar-refractivity contribution in [3.63, 3.8) is 0 Å². The molecule has 0 bridgehead atoms. The van der Waals surface area contributed by atoms with Crippen LogP contribution in [0.4, 0.5) is 4.79 Å². The van der Waals surface area contributed by atoms with Crippen LogP contribution in [-0.2, 0) is 16.1 Å². The van der Waals surface area contributed by atoms with Gasteiger partial charge in [0.2, 0.25) is 0 Å². The summed E-state index contributed by atoms with van der Waals surface area (Å²) in [5.74, 6) is -0.933. The van der Waals surface area contributed by atoms with Crippen LogP contribution in [0.5, 0.6) is 0 Å². The van der Waals surface area contributed by atoms with Crippen LogP contribution in [0.2, 0.25) is 0 Å². The van der Waals surface area contributed by atoms with Crippen LogP contribution in [0, 0.1) is 0 Å². The molecule has 1 atom stereocenters. The number of piperazine rings is 1. The summed E-state index contributed by atoms with van der Waals surface area (Å²) in [4.78, 5) is 31.9. The molecule has 2 rings (SSSR count). The van der Waals surface area contributed by atoms with Gasteiger partial charge in [-0.3, -0.25) is 14.7 Å². The van der Waals surface area contributed by atoms with E-state index in [0.29, 0.717) is 19.6 Å². The third-order valence-corrected chi connectivity index (χ3v) is 4.03. The minimum absolute atomic E-state index is 0.128. The lowest BCUT2D eigenvalue weighted by Gasteiger charge is -2.39. The molecule has 1 aliphatic heterocycles. The molecule has 2 heterocycles. The van der Waals surface area contributed by atoms with Crippen LogP contribution in [0.3, 0.4) is 0 Å². The van der Waals surface area contributed by atoms with Crippen LogP contribution >= 0.6 is 11.3 Å². The van der Waals surface area contributed by atoms with Crippen molar-refractivity contribution in [1.82, 2.24) is 14.8 Å². The van der Waals surface area contributed by atoms with Gasteiger partial charge >= 0.3 is 12.1 Å². The van der Waals surface area contributed by atoms with Gasteiger partial charge in [-0.25, -0.2) is 4.79 Å². The van der Waals surface area contributed by atoms with Gasteiger partial charge in [-0.15, -0.1) is 11.3 Å². The fraction of sp³-hybridized carbons (Fsp3) is 0.643. The number of thiazole rings is 1. The minimum Gasteiger partial charge on any atom is -0.480 e. The van der Waals surface area contributed by atoms with Crippen molar-refractivity contribution in [1.29, 1.82) is 0 Å². The van der Waals surface area contributed by atoms with Gasteiger partial charge in [0.05, 0.1) is 12.1 Å². The van der Waals surface area contributed by atoms with Crippen LogP contribution in [0.15, 0.2) is 11.7 Å². The third kappa shape index (κ3) is 4.41. The van der Waals surface area contributed by atoms with Gasteiger partial charge in [0.15, 0.2) is 0 Å². The zero-order valence-corrected chi connectivity index (χ0v) is 13.8. The number of aromatic nitrogens is 1. The first-order valence-corrected chi connectivity index (χ1v) is 7.96. The van der Waals surface area contributed by atoms with E-state index < -0.39 is 23.7 Å². The number of aliphatic carboxylic acids is 1. The maximum Gasteiger partial charge on any atom is 0.410 e. The molecular weight excluding hydrogens is 306 g/mol. The summed E-state index contributed by atoms with van der Waals surface area (Å²) in [6.07, 6.45) is 1.28. The molecule has 1 saturated heterocycles. The van der Waals surface area contributed by atoms with Crippen LogP contribution in [0.25, 0.3) is 0 Å². The normalized spacial score (nSPS) is 20.0. The molecule has 0 radical (unpaired) electrons. The average Bonchev–Trinajstić information content (AvgIpc) is 2.89. The average molecular weight is 327 g/mol. The van der Waals surface area contributed by atoms with E-state index in [0.717, 1.165) is 4.88 Å². The van der Waals surface area contributed by atoms with E-state index in [1.807, 2.05) is 4.90 Å². The number of carboxylic acid groups (broad SMARTS) is 1. The van der Waals surface area contributed by atoms with Gasteiger partial charge in [0.25, 0.3) is 0 Å². The SMILES string of the molecule is CC(C)(C)OC(=O)N1CCN(Cc2cncs2)[C@H](C(=O)O)C1. The monoisotopic (exact) mass is 327 g/mol. The molecule has 1 fully saturated rings. The van der Waals surface area contributed by atoms with Crippen molar-refractivity contribution in [2.45, 2.75) is 39.0 Å². The summed E-state index contributed by atoms with van der Waals surface area (Å²) >= 11 is 1.49. The fourth-order valence-electron chi connectivity index (χ4n) is 2.26. The van der Waals surface area contributed by atoms with Crippen molar-refractivity contribution in [3.05, 3.63) is 16.6 Å². The molecule has 0 aromatic carbocycles. The number of rotatable bonds is 3. The van der Waals surface area contributed by atoms with E-state index in [2.05, 4.69) is 4.98 Å². The maximum absolute atomic E-state index is 12.1. The second-order valence-corrected chi connectivity index (χ2v) is 7.19. The van der Waals surface area contributed by atoms with Gasteiger partial charge in [-0.2, -0.15) is 0 Å². The summed E-state index contributed by atoms with van der Waals surface area (Å²) < 4.78 is 5.31. The Bertz CT molecular complexity index is 527. The molecule has 0 spiro atoms. The van der Waals surface area contributed by atoms with E-state index in [-0.39, 0.29) is 6.54 Å². The molecule has 1 aromatic rings. The molecule has 0 saturated carbocycles. The maximum atomic E-state index is 12.1. The van der Waals surface area contributed by atoms with Crippen LogP contribution in [0.1, 0.15) is 25.6 Å². The van der Waals surface area contributed by atoms with E-state index in [4.69, 9.17) is 4.74 Å². The number of carboxylic acids is 1. The summed E-state index contributed by atoms with van der Waals surface area (Å²) in [5, 5.41) is 9.44. The zero-order valence-electron chi connectivity index (χ0n) is 13.0. The van der Waals surface area contributed by atoms with E-state index in [1.165, 1.54) is 16.2 Å². The Morgan fingerprint density at radius 3 is 2.73 bits per heavy atom. The van der Waals surface area contributed by atoms with Crippen molar-refractivity contribution in [2.75, 3.05) is 19.6 Å². The second kappa shape index (κ2) is 6.62. The van der Waals surface area contributed by atoms with Crippen molar-refractivity contribution in [2.24, 2.45) is 0 Å². The molecule has 7 nitrogen and oxygen atoms in total. The zero-order chi connectivity index (χ0) is 16.3. The highest BCUT2D eigenvalue weighted by Gasteiger charge is 2.35. The highest BCUT2D eigenvalue weighted by Crippen LogP contribution is 2.18. The molecule has 1 amide bonds. The lowest BCUT2D eigenvalue weighted by atomic mass is 10.1. The quantitative estimate of drug-likeness (QED) is 0.909. The van der Waals surface area contributed by atoms with E-state index in [9.17, 15) is 14.7 Å². The van der Waals surface area contributed by atoms with Gasteiger partial charge in [-0.1, -0.05) is 0 Å². The van der Waals surface area contributed by atoms with E-state index >= 15 is 0 Å². The lowest BCUT2D eigenvalue weighted by Crippen LogP contribution is -2.57. The largest absolute Gasteiger partial charge is 0.480 e. The first-order valence-electron chi connectivity index (χ1n) is 7.08. The smallest absolute Gasteiger partial charge is 0.410 e. The Hall–Kier alpha value is -1.67. The minimum atomic E-state index is -0.933. The Morgan fingerprint density at radius 2 is 2.18 bits per heavy atom. The van der Waals surface area contributed by atoms with Crippen molar-refractivity contribution in [3.8, 4) is 0 Å². The summed E-state index contributed by atoms with van der Waals surface area (Å²) in [5.41, 5.74) is 1.14. The number of carbonyl (C=O) groups excluding carboxylic acids is 1. The standard InChI is InChI=1S/C14H21N3O4S/c1-14(2,3)21-13(20)17-5-4-16(11(8-17)12(18)19)7-10-6-15-9-22-10/h6,9,11H,4-5,7-8H2,1-3H3,(H,18,19)/t11-/m0/s1. The van der Waals surface area contributed by atoms with Gasteiger partial charge in [-0.05, 0) is 20.8 Å². The Morgan fingerprint density at radius 1 is 1.45 bits per heavy atom. The topological polar surface area (TPSA) is 83.0 Å². The summed E-state index contributed by atoms with van der Waals surface area (Å²) in [6, 6.07) is -0.733. The Kier molecular flexibility index (Phi) is 5.02. The van der Waals surface area contributed by atoms with Gasteiger partial charge < -0.3 is 14.7 Å². The lowest BCUT2D eigenvalue weighted by molar-refractivity contribution is -0.145. The molecule has 0 unspecified atom stereocenters. The van der Waals surface area contributed by atoms with Gasteiger partial charge in [0, 0.05) is 30.7 Å². The second-order valence-electron chi connectivity index (χ2n) is 6.22. The first kappa shape index (κ1) is 16.7. The fourth-order valence-corrected chi connectivity index (χ4v) is 2.88. The predicted octanol–water partition coefficient (Wildman–Crippen LogP) is 1.65. The molecule has 1 aliphatic rings. The number of hydrogen-bond donors (Lipinski definition) is 1. The number of amides is 1. The molecule has 8 heteroatoms. The summed E-state index contributed by atoms with van der Waals surface area (Å²) in [7, 11) is 0. The van der Waals surface area contributed by atoms with Crippen LogP contribution < -0.4 is 0 Å². The number of ether oxygens (including phenoxy) is 1. The van der Waals surface area contributed by atoms with E-state index in [1.54, 1.807) is 32.5 Å². The molecule has 1 N–H and O–H groups in total. The molecular formula is C14H21N3O4S. The predicted molar refractivity (Wildman–Crippen MR) is 81.8 cm³/mol. The van der Waals surface area contributed by atoms with Crippen molar-refractivity contribution >= 4 is 23.4 Å². The number of nitrogens with zero attached hydrogens (tertiary/aromatic N) is 3. The molecule has 1 aromatic heterocycles.